The molecule has 0 saturated heterocycles. The highest BCUT2D eigenvalue weighted by Gasteiger charge is 2.21. The maximum absolute atomic E-state index is 11.3. The number of carbonyl (C=O) groups is 1. The van der Waals surface area contributed by atoms with Crippen LogP contribution in [0.3, 0.4) is 0 Å². The van der Waals surface area contributed by atoms with Gasteiger partial charge in [-0.15, -0.1) is 5.10 Å². The average Bonchev–Trinajstić information content (AvgIpc) is 3.07. The normalized spacial score (nSPS) is 10.7. The van der Waals surface area contributed by atoms with E-state index in [4.69, 9.17) is 0 Å². The van der Waals surface area contributed by atoms with Gasteiger partial charge in [0.15, 0.2) is 5.69 Å². The monoisotopic (exact) mass is 284 g/mol. The predicted octanol–water partition coefficient (Wildman–Crippen LogP) is 0.820. The molecule has 1 N–H and O–H groups in total. The summed E-state index contributed by atoms with van der Waals surface area (Å²) in [4.78, 5) is 19.5. The molecule has 0 aliphatic rings. The van der Waals surface area contributed by atoms with Crippen LogP contribution in [0.25, 0.3) is 11.3 Å². The summed E-state index contributed by atoms with van der Waals surface area (Å²) in [5.74, 6) is -0.373. The zero-order valence-corrected chi connectivity index (χ0v) is 11.2. The number of aromatic nitrogens is 6. The van der Waals surface area contributed by atoms with Gasteiger partial charge in [0.2, 0.25) is 0 Å². The van der Waals surface area contributed by atoms with E-state index in [0.29, 0.717) is 17.8 Å². The maximum atomic E-state index is 11.3. The third-order valence-electron chi connectivity index (χ3n) is 3.08. The van der Waals surface area contributed by atoms with Crippen LogP contribution in [0.15, 0.2) is 36.9 Å². The standard InChI is InChI=1S/C13H12N6O2/c1-18-6-5-15-10(18)8-19-12(9-3-2-4-14-7-9)11(13(20)21)16-17-19/h2-7H,8H2,1H3,(H,20,21). The SMILES string of the molecule is Cn1ccnc1Cn1nnc(C(=O)O)c1-c1cccnc1. The molecule has 3 rings (SSSR count). The summed E-state index contributed by atoms with van der Waals surface area (Å²) in [6, 6.07) is 3.51. The van der Waals surface area contributed by atoms with Gasteiger partial charge in [0, 0.05) is 37.4 Å². The lowest BCUT2D eigenvalue weighted by atomic mass is 10.1. The first-order valence-corrected chi connectivity index (χ1v) is 6.20. The molecule has 0 amide bonds. The summed E-state index contributed by atoms with van der Waals surface area (Å²) in [7, 11) is 1.86. The van der Waals surface area contributed by atoms with Crippen molar-refractivity contribution in [1.82, 2.24) is 29.5 Å². The van der Waals surface area contributed by atoms with Crippen molar-refractivity contribution >= 4 is 5.97 Å². The molecular weight excluding hydrogens is 272 g/mol. The Morgan fingerprint density at radius 3 is 2.86 bits per heavy atom. The molecule has 3 aromatic heterocycles. The topological polar surface area (TPSA) is 98.7 Å². The van der Waals surface area contributed by atoms with Crippen LogP contribution >= 0.6 is 0 Å². The molecule has 106 valence electrons. The van der Waals surface area contributed by atoms with Crippen LogP contribution in [0.1, 0.15) is 16.3 Å². The van der Waals surface area contributed by atoms with Crippen LogP contribution in [0, 0.1) is 0 Å². The van der Waals surface area contributed by atoms with Gasteiger partial charge >= 0.3 is 5.97 Å². The molecule has 0 aromatic carbocycles. The fourth-order valence-electron chi connectivity index (χ4n) is 2.04. The first-order valence-electron chi connectivity index (χ1n) is 6.20. The van der Waals surface area contributed by atoms with Crippen molar-refractivity contribution in [3.63, 3.8) is 0 Å². The van der Waals surface area contributed by atoms with E-state index in [1.54, 1.807) is 30.7 Å². The molecule has 0 bridgehead atoms. The number of imidazole rings is 1. The van der Waals surface area contributed by atoms with E-state index in [-0.39, 0.29) is 5.69 Å². The molecule has 0 aliphatic carbocycles. The minimum atomic E-state index is -1.13. The van der Waals surface area contributed by atoms with Crippen molar-refractivity contribution in [3.8, 4) is 11.3 Å². The van der Waals surface area contributed by atoms with Crippen molar-refractivity contribution < 1.29 is 9.90 Å². The summed E-state index contributed by atoms with van der Waals surface area (Å²) >= 11 is 0. The van der Waals surface area contributed by atoms with Gasteiger partial charge in [-0.05, 0) is 12.1 Å². The fourth-order valence-corrected chi connectivity index (χ4v) is 2.04. The first-order chi connectivity index (χ1) is 10.2. The summed E-state index contributed by atoms with van der Waals surface area (Å²) in [6.45, 7) is 0.327. The van der Waals surface area contributed by atoms with Crippen LogP contribution in [-0.4, -0.2) is 40.6 Å². The van der Waals surface area contributed by atoms with Gasteiger partial charge < -0.3 is 9.67 Å². The van der Waals surface area contributed by atoms with Gasteiger partial charge in [-0.2, -0.15) is 0 Å². The van der Waals surface area contributed by atoms with Crippen molar-refractivity contribution in [3.05, 3.63) is 48.4 Å². The molecule has 8 nitrogen and oxygen atoms in total. The van der Waals surface area contributed by atoms with Crippen molar-refractivity contribution in [2.75, 3.05) is 0 Å². The highest BCUT2D eigenvalue weighted by atomic mass is 16.4. The van der Waals surface area contributed by atoms with E-state index in [1.165, 1.54) is 4.68 Å². The summed E-state index contributed by atoms with van der Waals surface area (Å²) < 4.78 is 3.36. The van der Waals surface area contributed by atoms with Crippen LogP contribution in [-0.2, 0) is 13.6 Å². The Morgan fingerprint density at radius 1 is 1.38 bits per heavy atom. The van der Waals surface area contributed by atoms with E-state index in [0.717, 1.165) is 5.82 Å². The van der Waals surface area contributed by atoms with Gasteiger partial charge in [0.05, 0.1) is 0 Å². The predicted molar refractivity (Wildman–Crippen MR) is 72.5 cm³/mol. The second-order valence-corrected chi connectivity index (χ2v) is 4.45. The first kappa shape index (κ1) is 13.0. The Hall–Kier alpha value is -3.03. The molecule has 8 heteroatoms. The minimum Gasteiger partial charge on any atom is -0.476 e. The molecule has 0 fully saturated rings. The van der Waals surface area contributed by atoms with E-state index < -0.39 is 5.97 Å². The second kappa shape index (κ2) is 5.16. The van der Waals surface area contributed by atoms with E-state index in [2.05, 4.69) is 20.3 Å². The lowest BCUT2D eigenvalue weighted by molar-refractivity contribution is 0.0691. The number of aromatic carboxylic acids is 1. The molecule has 0 aliphatic heterocycles. The Kier molecular flexibility index (Phi) is 3.19. The molecule has 3 heterocycles. The Labute approximate surface area is 119 Å². The zero-order valence-electron chi connectivity index (χ0n) is 11.2. The molecule has 0 unspecified atom stereocenters. The number of hydrogen-bond acceptors (Lipinski definition) is 5. The van der Waals surface area contributed by atoms with Crippen LogP contribution < -0.4 is 0 Å². The lowest BCUT2D eigenvalue weighted by Crippen LogP contribution is -2.09. The molecule has 3 aromatic rings. The minimum absolute atomic E-state index is 0.0998. The number of hydrogen-bond donors (Lipinski definition) is 1. The van der Waals surface area contributed by atoms with E-state index >= 15 is 0 Å². The number of pyridine rings is 1. The zero-order chi connectivity index (χ0) is 14.8. The fraction of sp³-hybridized carbons (Fsp3) is 0.154. The molecule has 0 atom stereocenters. The number of rotatable bonds is 4. The van der Waals surface area contributed by atoms with Crippen LogP contribution in [0.4, 0.5) is 0 Å². The number of nitrogens with zero attached hydrogens (tertiary/aromatic N) is 6. The lowest BCUT2D eigenvalue weighted by Gasteiger charge is -2.07. The number of aryl methyl sites for hydroxylation is 1. The van der Waals surface area contributed by atoms with Gasteiger partial charge in [0.25, 0.3) is 0 Å². The van der Waals surface area contributed by atoms with Gasteiger partial charge in [0.1, 0.15) is 18.1 Å². The summed E-state index contributed by atoms with van der Waals surface area (Å²) in [5, 5.41) is 16.9. The summed E-state index contributed by atoms with van der Waals surface area (Å²) in [6.07, 6.45) is 6.69. The average molecular weight is 284 g/mol. The smallest absolute Gasteiger partial charge is 0.358 e. The molecule has 0 radical (unpaired) electrons. The van der Waals surface area contributed by atoms with Crippen molar-refractivity contribution in [2.45, 2.75) is 6.54 Å². The van der Waals surface area contributed by atoms with Crippen LogP contribution in [0.2, 0.25) is 0 Å². The van der Waals surface area contributed by atoms with Crippen molar-refractivity contribution in [2.24, 2.45) is 7.05 Å². The van der Waals surface area contributed by atoms with Gasteiger partial charge in [-0.1, -0.05) is 5.21 Å². The molecule has 21 heavy (non-hydrogen) atoms. The van der Waals surface area contributed by atoms with E-state index in [1.807, 2.05) is 17.8 Å². The number of carboxylic acids is 1. The van der Waals surface area contributed by atoms with Gasteiger partial charge in [-0.25, -0.2) is 14.5 Å². The molecule has 0 saturated carbocycles. The maximum Gasteiger partial charge on any atom is 0.358 e. The Morgan fingerprint density at radius 2 is 2.24 bits per heavy atom. The highest BCUT2D eigenvalue weighted by molar-refractivity contribution is 5.92. The largest absolute Gasteiger partial charge is 0.476 e. The van der Waals surface area contributed by atoms with E-state index in [9.17, 15) is 9.90 Å². The van der Waals surface area contributed by atoms with Crippen molar-refractivity contribution in [1.29, 1.82) is 0 Å². The second-order valence-electron chi connectivity index (χ2n) is 4.45. The third kappa shape index (κ3) is 2.38. The third-order valence-corrected chi connectivity index (χ3v) is 3.08. The summed E-state index contributed by atoms with van der Waals surface area (Å²) in [5.41, 5.74) is 0.963. The number of carboxylic acid groups (broad SMARTS) is 1. The van der Waals surface area contributed by atoms with Crippen LogP contribution in [0.5, 0.6) is 0 Å². The quantitative estimate of drug-likeness (QED) is 0.761. The molecular formula is C13H12N6O2. The molecule has 0 spiro atoms. The Balaban J connectivity index is 2.09. The van der Waals surface area contributed by atoms with Gasteiger partial charge in [-0.3, -0.25) is 4.98 Å². The highest BCUT2D eigenvalue weighted by Crippen LogP contribution is 2.22. The Bertz CT molecular complexity index is 777.